The van der Waals surface area contributed by atoms with E-state index >= 15 is 4.39 Å². The van der Waals surface area contributed by atoms with Gasteiger partial charge in [0.1, 0.15) is 5.54 Å². The minimum Gasteiger partial charge on any atom is -0.464 e. The summed E-state index contributed by atoms with van der Waals surface area (Å²) in [6.07, 6.45) is -3.65. The molecule has 0 radical (unpaired) electrons. The molecule has 202 valence electrons. The summed E-state index contributed by atoms with van der Waals surface area (Å²) in [6, 6.07) is 3.74. The molecule has 0 bridgehead atoms. The molecule has 1 aromatic carbocycles. The first-order valence-electron chi connectivity index (χ1n) is 11.9. The zero-order valence-electron chi connectivity index (χ0n) is 22.2. The minimum atomic E-state index is -2.15. The van der Waals surface area contributed by atoms with Gasteiger partial charge in [0.15, 0.2) is 11.6 Å². The number of hydrogen-bond acceptors (Lipinski definition) is 4. The Kier molecular flexibility index (Phi) is 7.87. The molecule has 2 rings (SSSR count). The molecule has 1 unspecified atom stereocenters. The van der Waals surface area contributed by atoms with Crippen LogP contribution in [0.15, 0.2) is 18.2 Å². The van der Waals surface area contributed by atoms with Gasteiger partial charge in [-0.1, -0.05) is 53.7 Å². The van der Waals surface area contributed by atoms with E-state index in [1.54, 1.807) is 41.5 Å². The van der Waals surface area contributed by atoms with Gasteiger partial charge in [-0.25, -0.2) is 18.4 Å². The summed E-state index contributed by atoms with van der Waals surface area (Å²) in [5, 5.41) is 30.8. The first-order valence-corrected chi connectivity index (χ1v) is 11.9. The van der Waals surface area contributed by atoms with E-state index in [-0.39, 0.29) is 30.0 Å². The molecule has 1 fully saturated rings. The fraction of sp³-hybridized carbons (Fsp3) is 0.654. The van der Waals surface area contributed by atoms with Crippen molar-refractivity contribution in [2.24, 2.45) is 16.7 Å². The molecular weight excluding hydrogens is 474 g/mol. The van der Waals surface area contributed by atoms with E-state index in [2.05, 4.69) is 0 Å². The molecule has 1 saturated heterocycles. The summed E-state index contributed by atoms with van der Waals surface area (Å²) in [4.78, 5) is 40.8. The van der Waals surface area contributed by atoms with Crippen LogP contribution in [0.25, 0.3) is 0 Å². The van der Waals surface area contributed by atoms with E-state index in [0.29, 0.717) is 0 Å². The van der Waals surface area contributed by atoms with Crippen molar-refractivity contribution < 1.29 is 38.5 Å². The number of carboxylic acid groups (broad SMARTS) is 2. The molecule has 0 aromatic heterocycles. The van der Waals surface area contributed by atoms with Crippen molar-refractivity contribution in [1.29, 1.82) is 0 Å². The topological polar surface area (TPSA) is 118 Å². The second kappa shape index (κ2) is 9.61. The van der Waals surface area contributed by atoms with E-state index in [9.17, 15) is 34.1 Å². The number of carbonyl (C=O) groups excluding carboxylic acids is 1. The van der Waals surface area contributed by atoms with E-state index in [0.717, 1.165) is 6.07 Å². The maximum Gasteiger partial charge on any atom is 0.417 e. The maximum absolute atomic E-state index is 15.0. The number of halogens is 2. The third kappa shape index (κ3) is 5.33. The predicted molar refractivity (Wildman–Crippen MR) is 130 cm³/mol. The lowest BCUT2D eigenvalue weighted by Crippen LogP contribution is -2.73. The lowest BCUT2D eigenvalue weighted by atomic mass is 9.56. The number of hydrogen-bond donors (Lipinski definition) is 3. The fourth-order valence-electron chi connectivity index (χ4n) is 5.73. The van der Waals surface area contributed by atoms with Gasteiger partial charge in [-0.3, -0.25) is 4.79 Å². The molecule has 1 aliphatic rings. The van der Waals surface area contributed by atoms with Gasteiger partial charge in [-0.2, -0.15) is 4.90 Å². The molecule has 8 nitrogen and oxygen atoms in total. The zero-order chi connectivity index (χ0) is 28.0. The van der Waals surface area contributed by atoms with Crippen molar-refractivity contribution in [1.82, 2.24) is 9.80 Å². The van der Waals surface area contributed by atoms with Crippen molar-refractivity contribution in [3.8, 4) is 0 Å². The van der Waals surface area contributed by atoms with Crippen LogP contribution in [0, 0.1) is 28.4 Å². The van der Waals surface area contributed by atoms with Crippen LogP contribution in [0.4, 0.5) is 18.4 Å². The summed E-state index contributed by atoms with van der Waals surface area (Å²) in [5.74, 6) is -4.69. The Bertz CT molecular complexity index is 1010. The number of carbonyl (C=O) groups is 3. The fourth-order valence-corrected chi connectivity index (χ4v) is 5.73. The number of imide groups is 1. The highest BCUT2D eigenvalue weighted by atomic mass is 19.2. The van der Waals surface area contributed by atoms with Gasteiger partial charge in [0, 0.05) is 19.0 Å². The molecule has 1 aromatic rings. The minimum absolute atomic E-state index is 0.000273. The normalized spacial score (nSPS) is 23.9. The van der Waals surface area contributed by atoms with Crippen molar-refractivity contribution in [3.05, 3.63) is 35.4 Å². The molecule has 3 amide bonds. The average Bonchev–Trinajstić information content (AvgIpc) is 2.78. The molecule has 10 heteroatoms. The van der Waals surface area contributed by atoms with Gasteiger partial charge in [0.25, 0.3) is 0 Å². The monoisotopic (exact) mass is 512 g/mol. The van der Waals surface area contributed by atoms with Gasteiger partial charge in [0.05, 0.1) is 5.60 Å². The SMILES string of the molecule is CC(C)(O)CN1C[C@H](c2cccc(F)c2F)CC(C(C)(C)C)[C@@](N(C(=O)O)C(=O)O)(C(C)(C)C)C1=O. The maximum atomic E-state index is 15.0. The molecule has 0 aliphatic carbocycles. The molecule has 1 aliphatic heterocycles. The third-order valence-electron chi connectivity index (χ3n) is 7.00. The quantitative estimate of drug-likeness (QED) is 0.513. The van der Waals surface area contributed by atoms with Crippen LogP contribution < -0.4 is 0 Å². The summed E-state index contributed by atoms with van der Waals surface area (Å²) in [5.41, 5.74) is -5.69. The molecule has 3 N–H and O–H groups in total. The summed E-state index contributed by atoms with van der Waals surface area (Å²) in [6.45, 7) is 12.5. The Hall–Kier alpha value is -2.75. The predicted octanol–water partition coefficient (Wildman–Crippen LogP) is 5.16. The molecule has 1 heterocycles. The Morgan fingerprint density at radius 1 is 1.06 bits per heavy atom. The number of likely N-dealkylation sites (tertiary alicyclic amines) is 1. The number of benzene rings is 1. The van der Waals surface area contributed by atoms with Gasteiger partial charge < -0.3 is 20.2 Å². The number of amides is 3. The highest BCUT2D eigenvalue weighted by Crippen LogP contribution is 2.55. The van der Waals surface area contributed by atoms with Crippen LogP contribution in [0.2, 0.25) is 0 Å². The van der Waals surface area contributed by atoms with Crippen LogP contribution in [0.5, 0.6) is 0 Å². The summed E-state index contributed by atoms with van der Waals surface area (Å²) in [7, 11) is 0. The first-order chi connectivity index (χ1) is 16.2. The van der Waals surface area contributed by atoms with Gasteiger partial charge in [0.2, 0.25) is 5.91 Å². The van der Waals surface area contributed by atoms with E-state index in [4.69, 9.17) is 0 Å². The van der Waals surface area contributed by atoms with Crippen molar-refractivity contribution >= 4 is 18.1 Å². The highest BCUT2D eigenvalue weighted by Gasteiger charge is 2.66. The van der Waals surface area contributed by atoms with Crippen LogP contribution in [-0.4, -0.2) is 67.4 Å². The second-order valence-electron chi connectivity index (χ2n) is 12.4. The van der Waals surface area contributed by atoms with E-state index in [1.807, 2.05) is 0 Å². The van der Waals surface area contributed by atoms with Crippen LogP contribution >= 0.6 is 0 Å². The second-order valence-corrected chi connectivity index (χ2v) is 12.4. The van der Waals surface area contributed by atoms with Crippen LogP contribution in [0.3, 0.4) is 0 Å². The lowest BCUT2D eigenvalue weighted by Gasteiger charge is -2.55. The zero-order valence-corrected chi connectivity index (χ0v) is 22.2. The van der Waals surface area contributed by atoms with Crippen molar-refractivity contribution in [3.63, 3.8) is 0 Å². The van der Waals surface area contributed by atoms with E-state index in [1.165, 1.54) is 30.9 Å². The van der Waals surface area contributed by atoms with E-state index < -0.39 is 63.5 Å². The standard InChI is InChI=1S/C26H38F2N2O6/c1-23(2,3)18-12-15(16-10-9-11-17(27)19(16)28)13-29(14-25(7,8)36)20(31)26(18,24(4,5)6)30(21(32)33)22(34)35/h9-11,15,18,36H,12-14H2,1-8H3,(H,32,33)(H,34,35)/t15-,18?,26+/m1/s1. The Labute approximate surface area is 210 Å². The molecule has 0 spiro atoms. The highest BCUT2D eigenvalue weighted by molar-refractivity contribution is 5.98. The number of aliphatic hydroxyl groups is 1. The number of β-amino-alcohol motifs (C(OH)–C–C–N with tert-alkyl or cyclic N) is 1. The molecule has 0 saturated carbocycles. The van der Waals surface area contributed by atoms with Gasteiger partial charge in [-0.05, 0) is 48.6 Å². The number of rotatable bonds is 4. The number of nitrogens with zero attached hydrogens (tertiary/aromatic N) is 2. The van der Waals surface area contributed by atoms with Gasteiger partial charge >= 0.3 is 12.2 Å². The van der Waals surface area contributed by atoms with Crippen LogP contribution in [0.1, 0.15) is 73.3 Å². The van der Waals surface area contributed by atoms with Crippen LogP contribution in [-0.2, 0) is 4.79 Å². The van der Waals surface area contributed by atoms with Crippen molar-refractivity contribution in [2.75, 3.05) is 13.1 Å². The molecular formula is C26H38F2N2O6. The Balaban J connectivity index is 3.02. The smallest absolute Gasteiger partial charge is 0.417 e. The summed E-state index contributed by atoms with van der Waals surface area (Å²) >= 11 is 0. The largest absolute Gasteiger partial charge is 0.464 e. The third-order valence-corrected chi connectivity index (χ3v) is 7.00. The lowest BCUT2D eigenvalue weighted by molar-refractivity contribution is -0.160. The summed E-state index contributed by atoms with van der Waals surface area (Å²) < 4.78 is 29.3. The Morgan fingerprint density at radius 3 is 2.00 bits per heavy atom. The first kappa shape index (κ1) is 29.5. The average molecular weight is 513 g/mol. The van der Waals surface area contributed by atoms with Gasteiger partial charge in [-0.15, -0.1) is 0 Å². The molecule has 3 atom stereocenters. The molecule has 36 heavy (non-hydrogen) atoms. The Morgan fingerprint density at radius 2 is 1.58 bits per heavy atom. The van der Waals surface area contributed by atoms with Crippen molar-refractivity contribution in [2.45, 2.75) is 78.9 Å².